The largest absolute Gasteiger partial charge is 0.497 e. The van der Waals surface area contributed by atoms with Crippen LogP contribution >= 0.6 is 23.4 Å². The Labute approximate surface area is 193 Å². The highest BCUT2D eigenvalue weighted by Crippen LogP contribution is 2.36. The lowest BCUT2D eigenvalue weighted by molar-refractivity contribution is -0.387. The lowest BCUT2D eigenvalue weighted by Crippen LogP contribution is -2.13. The number of rotatable bonds is 7. The number of amides is 1. The molecule has 0 radical (unpaired) electrons. The van der Waals surface area contributed by atoms with E-state index in [-0.39, 0.29) is 11.3 Å². The van der Waals surface area contributed by atoms with E-state index >= 15 is 0 Å². The Morgan fingerprint density at radius 1 is 1.16 bits per heavy atom. The minimum absolute atomic E-state index is 0.133. The predicted molar refractivity (Wildman–Crippen MR) is 124 cm³/mol. The van der Waals surface area contributed by atoms with Crippen LogP contribution < -0.4 is 10.1 Å². The molecule has 3 aromatic carbocycles. The van der Waals surface area contributed by atoms with E-state index in [1.807, 2.05) is 6.07 Å². The number of ether oxygens (including phenoxy) is 1. The van der Waals surface area contributed by atoms with Gasteiger partial charge in [0.05, 0.1) is 16.9 Å². The average molecular weight is 466 g/mol. The van der Waals surface area contributed by atoms with Crippen molar-refractivity contribution in [1.82, 2.24) is 0 Å². The quantitative estimate of drug-likeness (QED) is 0.200. The molecule has 1 N–H and O–H groups in total. The summed E-state index contributed by atoms with van der Waals surface area (Å²) in [6.07, 6.45) is 1.31. The SMILES string of the molecule is COc1ccc(NC(=O)/C(C#N)=C\c2ccc(Sc3ccc(Cl)cc3)c([N+](=O)[O-])c2)cc1. The third kappa shape index (κ3) is 5.88. The number of anilines is 1. The summed E-state index contributed by atoms with van der Waals surface area (Å²) in [6.45, 7) is 0. The first-order valence-electron chi connectivity index (χ1n) is 9.18. The van der Waals surface area contributed by atoms with Crippen molar-refractivity contribution in [1.29, 1.82) is 5.26 Å². The lowest BCUT2D eigenvalue weighted by atomic mass is 10.1. The molecule has 0 atom stereocenters. The van der Waals surface area contributed by atoms with Gasteiger partial charge in [-0.15, -0.1) is 0 Å². The molecule has 0 spiro atoms. The van der Waals surface area contributed by atoms with Gasteiger partial charge in [0.15, 0.2) is 0 Å². The third-order valence-electron chi connectivity index (χ3n) is 4.25. The summed E-state index contributed by atoms with van der Waals surface area (Å²) in [5, 5.41) is 24.2. The number of benzene rings is 3. The van der Waals surface area contributed by atoms with E-state index in [1.165, 1.54) is 31.0 Å². The van der Waals surface area contributed by atoms with Crippen molar-refractivity contribution in [3.05, 3.63) is 93.0 Å². The molecule has 0 saturated heterocycles. The summed E-state index contributed by atoms with van der Waals surface area (Å²) in [7, 11) is 1.53. The number of nitro groups is 1. The molecule has 0 aliphatic rings. The van der Waals surface area contributed by atoms with Gasteiger partial charge in [-0.05, 0) is 66.2 Å². The molecule has 0 aliphatic heterocycles. The van der Waals surface area contributed by atoms with Crippen LogP contribution in [0.5, 0.6) is 5.75 Å². The van der Waals surface area contributed by atoms with E-state index in [9.17, 15) is 20.2 Å². The van der Waals surface area contributed by atoms with Crippen molar-refractivity contribution >= 4 is 46.7 Å². The van der Waals surface area contributed by atoms with Crippen LogP contribution in [0.15, 0.2) is 82.1 Å². The molecule has 0 unspecified atom stereocenters. The van der Waals surface area contributed by atoms with Crippen molar-refractivity contribution < 1.29 is 14.5 Å². The fourth-order valence-electron chi connectivity index (χ4n) is 2.67. The number of methoxy groups -OCH3 is 1. The smallest absolute Gasteiger partial charge is 0.283 e. The zero-order chi connectivity index (χ0) is 23.1. The van der Waals surface area contributed by atoms with Gasteiger partial charge in [-0.3, -0.25) is 14.9 Å². The normalized spacial score (nSPS) is 10.8. The summed E-state index contributed by atoms with van der Waals surface area (Å²) in [6, 6.07) is 19.9. The number of nitriles is 1. The van der Waals surface area contributed by atoms with Crippen LogP contribution in [0.4, 0.5) is 11.4 Å². The summed E-state index contributed by atoms with van der Waals surface area (Å²) < 4.78 is 5.07. The van der Waals surface area contributed by atoms with Crippen molar-refractivity contribution in [3.63, 3.8) is 0 Å². The molecule has 1 amide bonds. The van der Waals surface area contributed by atoms with Gasteiger partial charge >= 0.3 is 0 Å². The first kappa shape index (κ1) is 22.9. The predicted octanol–water partition coefficient (Wildman–Crippen LogP) is 5.95. The van der Waals surface area contributed by atoms with Crippen LogP contribution in [-0.2, 0) is 4.79 Å². The molecule has 160 valence electrons. The average Bonchev–Trinajstić information content (AvgIpc) is 2.80. The van der Waals surface area contributed by atoms with E-state index in [2.05, 4.69) is 5.32 Å². The number of carbonyl (C=O) groups excluding carboxylic acids is 1. The molecule has 0 fully saturated rings. The van der Waals surface area contributed by atoms with E-state index in [0.717, 1.165) is 4.90 Å². The molecule has 9 heteroatoms. The Morgan fingerprint density at radius 2 is 1.84 bits per heavy atom. The van der Waals surface area contributed by atoms with Crippen molar-refractivity contribution in [2.45, 2.75) is 9.79 Å². The maximum Gasteiger partial charge on any atom is 0.283 e. The molecule has 0 aliphatic carbocycles. The summed E-state index contributed by atoms with van der Waals surface area (Å²) in [4.78, 5) is 24.8. The number of hydrogen-bond donors (Lipinski definition) is 1. The minimum Gasteiger partial charge on any atom is -0.497 e. The maximum absolute atomic E-state index is 12.5. The van der Waals surface area contributed by atoms with Crippen molar-refractivity contribution in [2.24, 2.45) is 0 Å². The minimum atomic E-state index is -0.625. The topological polar surface area (TPSA) is 105 Å². The Balaban J connectivity index is 1.83. The van der Waals surface area contributed by atoms with E-state index in [4.69, 9.17) is 16.3 Å². The van der Waals surface area contributed by atoms with Crippen LogP contribution in [0.1, 0.15) is 5.56 Å². The molecule has 32 heavy (non-hydrogen) atoms. The molecular formula is C23H16ClN3O4S. The highest BCUT2D eigenvalue weighted by atomic mass is 35.5. The van der Waals surface area contributed by atoms with Crippen LogP contribution in [-0.4, -0.2) is 17.9 Å². The molecule has 0 saturated carbocycles. The number of carbonyl (C=O) groups is 1. The number of nitrogens with zero attached hydrogens (tertiary/aromatic N) is 2. The fourth-order valence-corrected chi connectivity index (χ4v) is 3.70. The van der Waals surface area contributed by atoms with Gasteiger partial charge < -0.3 is 10.1 Å². The molecule has 3 aromatic rings. The summed E-state index contributed by atoms with van der Waals surface area (Å²) in [5.41, 5.74) is 0.524. The lowest BCUT2D eigenvalue weighted by Gasteiger charge is -2.07. The fraction of sp³-hybridized carbons (Fsp3) is 0.0435. The molecule has 0 heterocycles. The van der Waals surface area contributed by atoms with E-state index in [0.29, 0.717) is 26.9 Å². The van der Waals surface area contributed by atoms with Crippen LogP contribution in [0.3, 0.4) is 0 Å². The van der Waals surface area contributed by atoms with Crippen LogP contribution in [0.2, 0.25) is 5.02 Å². The van der Waals surface area contributed by atoms with Crippen molar-refractivity contribution in [2.75, 3.05) is 12.4 Å². The monoisotopic (exact) mass is 465 g/mol. The van der Waals surface area contributed by atoms with Gasteiger partial charge in [-0.25, -0.2) is 0 Å². The Morgan fingerprint density at radius 3 is 2.44 bits per heavy atom. The zero-order valence-corrected chi connectivity index (χ0v) is 18.3. The second-order valence-corrected chi connectivity index (χ2v) is 7.94. The Hall–Kier alpha value is -3.80. The second kappa shape index (κ2) is 10.5. The summed E-state index contributed by atoms with van der Waals surface area (Å²) >= 11 is 7.10. The molecule has 0 aromatic heterocycles. The molecule has 7 nitrogen and oxygen atoms in total. The van der Waals surface area contributed by atoms with Crippen LogP contribution in [0, 0.1) is 21.4 Å². The molecule has 3 rings (SSSR count). The van der Waals surface area contributed by atoms with Gasteiger partial charge in [0.25, 0.3) is 11.6 Å². The standard InChI is InChI=1S/C23H16ClN3O4S/c1-31-19-7-5-18(6-8-19)26-23(28)16(14-25)12-15-2-11-22(21(13-15)27(29)30)32-20-9-3-17(24)4-10-20/h2-13H,1H3,(H,26,28)/b16-12-. The van der Waals surface area contributed by atoms with E-state index < -0.39 is 10.8 Å². The number of nitrogens with one attached hydrogen (secondary N) is 1. The maximum atomic E-state index is 12.5. The Kier molecular flexibility index (Phi) is 7.49. The second-order valence-electron chi connectivity index (χ2n) is 6.39. The molecule has 0 bridgehead atoms. The Bertz CT molecular complexity index is 1220. The van der Waals surface area contributed by atoms with Gasteiger partial charge in [0, 0.05) is 21.7 Å². The summed E-state index contributed by atoms with van der Waals surface area (Å²) in [5.74, 6) is 0.00264. The van der Waals surface area contributed by atoms with E-state index in [1.54, 1.807) is 60.7 Å². The first-order chi connectivity index (χ1) is 15.4. The highest BCUT2D eigenvalue weighted by molar-refractivity contribution is 7.99. The number of hydrogen-bond acceptors (Lipinski definition) is 6. The van der Waals surface area contributed by atoms with Gasteiger partial charge in [-0.2, -0.15) is 5.26 Å². The first-order valence-corrected chi connectivity index (χ1v) is 10.4. The van der Waals surface area contributed by atoms with Crippen LogP contribution in [0.25, 0.3) is 6.08 Å². The number of nitro benzene ring substituents is 1. The third-order valence-corrected chi connectivity index (χ3v) is 5.57. The van der Waals surface area contributed by atoms with Gasteiger partial charge in [0.1, 0.15) is 17.4 Å². The molecular weight excluding hydrogens is 450 g/mol. The van der Waals surface area contributed by atoms with Gasteiger partial charge in [0.2, 0.25) is 0 Å². The van der Waals surface area contributed by atoms with Gasteiger partial charge in [-0.1, -0.05) is 29.4 Å². The number of halogens is 1. The zero-order valence-electron chi connectivity index (χ0n) is 16.7. The van der Waals surface area contributed by atoms with Crippen molar-refractivity contribution in [3.8, 4) is 11.8 Å². The highest BCUT2D eigenvalue weighted by Gasteiger charge is 2.17.